The molecule has 132 valence electrons. The molecule has 3 rings (SSSR count). The molecule has 0 bridgehead atoms. The van der Waals surface area contributed by atoms with Crippen LogP contribution in [0.2, 0.25) is 0 Å². The molecule has 0 radical (unpaired) electrons. The summed E-state index contributed by atoms with van der Waals surface area (Å²) >= 11 is 0. The number of carboxylic acid groups (broad SMARTS) is 2. The summed E-state index contributed by atoms with van der Waals surface area (Å²) in [4.78, 5) is 36.0. The Hall–Kier alpha value is -3.94. The van der Waals surface area contributed by atoms with E-state index in [1.54, 1.807) is 24.7 Å². The third-order valence-electron chi connectivity index (χ3n) is 3.29. The van der Waals surface area contributed by atoms with Crippen molar-refractivity contribution in [2.75, 3.05) is 4.90 Å². The summed E-state index contributed by atoms with van der Waals surface area (Å²) in [5.74, 6) is -2.51. The number of hydrogen-bond donors (Lipinski definition) is 3. The van der Waals surface area contributed by atoms with E-state index in [1.165, 1.54) is 4.90 Å². The zero-order valence-corrected chi connectivity index (χ0v) is 13.4. The Labute approximate surface area is 147 Å². The minimum Gasteiger partial charge on any atom is -0.478 e. The van der Waals surface area contributed by atoms with E-state index < -0.39 is 18.0 Å². The SMILES string of the molecule is NC(=O)N1C=CC=c2cc3c(cc21)=CC=NC=C3.O=C(O)C=CC(=O)O. The minimum atomic E-state index is -1.26. The molecule has 1 aromatic rings. The molecular weight excluding hydrogens is 338 g/mol. The third kappa shape index (κ3) is 4.78. The van der Waals surface area contributed by atoms with Crippen molar-refractivity contribution >= 4 is 48.1 Å². The number of aliphatic carboxylic acids is 2. The van der Waals surface area contributed by atoms with Gasteiger partial charge in [0.15, 0.2) is 0 Å². The molecule has 0 atom stereocenters. The second-order valence-electron chi connectivity index (χ2n) is 5.05. The van der Waals surface area contributed by atoms with Crippen LogP contribution in [0, 0.1) is 0 Å². The maximum Gasteiger partial charge on any atom is 0.328 e. The van der Waals surface area contributed by atoms with Gasteiger partial charge in [-0.3, -0.25) is 9.89 Å². The van der Waals surface area contributed by atoms with E-state index in [0.717, 1.165) is 21.7 Å². The van der Waals surface area contributed by atoms with Gasteiger partial charge >= 0.3 is 18.0 Å². The zero-order chi connectivity index (χ0) is 19.1. The second-order valence-corrected chi connectivity index (χ2v) is 5.05. The Kier molecular flexibility index (Phi) is 5.83. The second kappa shape index (κ2) is 8.25. The highest BCUT2D eigenvalue weighted by Gasteiger charge is 2.13. The van der Waals surface area contributed by atoms with Crippen molar-refractivity contribution in [2.24, 2.45) is 10.7 Å². The summed E-state index contributed by atoms with van der Waals surface area (Å²) in [6.45, 7) is 0. The lowest BCUT2D eigenvalue weighted by atomic mass is 10.1. The molecule has 2 aliphatic rings. The van der Waals surface area contributed by atoms with E-state index in [-0.39, 0.29) is 0 Å². The normalized spacial score (nSPS) is 13.5. The number of allylic oxidation sites excluding steroid dienone is 1. The summed E-state index contributed by atoms with van der Waals surface area (Å²) in [6.07, 6.45) is 13.9. The predicted molar refractivity (Wildman–Crippen MR) is 97.8 cm³/mol. The smallest absolute Gasteiger partial charge is 0.328 e. The topological polar surface area (TPSA) is 133 Å². The average Bonchev–Trinajstić information content (AvgIpc) is 2.82. The van der Waals surface area contributed by atoms with Gasteiger partial charge in [-0.1, -0.05) is 6.08 Å². The van der Waals surface area contributed by atoms with Crippen LogP contribution in [-0.2, 0) is 9.59 Å². The van der Waals surface area contributed by atoms with Gasteiger partial charge in [0.05, 0.1) is 5.69 Å². The van der Waals surface area contributed by atoms with Crippen molar-refractivity contribution in [3.05, 3.63) is 58.8 Å². The van der Waals surface area contributed by atoms with E-state index in [4.69, 9.17) is 15.9 Å². The number of nitrogens with two attached hydrogens (primary N) is 1. The molecule has 26 heavy (non-hydrogen) atoms. The molecule has 0 spiro atoms. The van der Waals surface area contributed by atoms with Crippen LogP contribution < -0.4 is 21.1 Å². The van der Waals surface area contributed by atoms with Gasteiger partial charge in [-0.05, 0) is 46.4 Å². The number of rotatable bonds is 2. The molecule has 0 saturated carbocycles. The Bertz CT molecular complexity index is 971. The van der Waals surface area contributed by atoms with Crippen molar-refractivity contribution in [3.8, 4) is 0 Å². The molecule has 2 amide bonds. The molecular formula is C18H15N3O5. The number of nitrogens with zero attached hydrogens (tertiary/aromatic N) is 2. The number of aliphatic imine (C=N–C) groups is 1. The number of primary amides is 1. The summed E-state index contributed by atoms with van der Waals surface area (Å²) in [5.41, 5.74) is 7.23. The number of amides is 2. The van der Waals surface area contributed by atoms with Crippen molar-refractivity contribution in [2.45, 2.75) is 0 Å². The summed E-state index contributed by atoms with van der Waals surface area (Å²) in [7, 11) is 0. The van der Waals surface area contributed by atoms with Gasteiger partial charge in [0.1, 0.15) is 0 Å². The van der Waals surface area contributed by atoms with Crippen LogP contribution in [0.4, 0.5) is 10.5 Å². The molecule has 2 aliphatic heterocycles. The van der Waals surface area contributed by atoms with Gasteiger partial charge in [-0.15, -0.1) is 0 Å². The molecule has 4 N–H and O–H groups in total. The lowest BCUT2D eigenvalue weighted by Crippen LogP contribution is -2.36. The largest absolute Gasteiger partial charge is 0.478 e. The fourth-order valence-corrected chi connectivity index (χ4v) is 2.21. The summed E-state index contributed by atoms with van der Waals surface area (Å²) in [6, 6.07) is 3.47. The van der Waals surface area contributed by atoms with E-state index >= 15 is 0 Å². The van der Waals surface area contributed by atoms with Crippen LogP contribution in [0.25, 0.3) is 18.2 Å². The van der Waals surface area contributed by atoms with Gasteiger partial charge in [0.2, 0.25) is 0 Å². The van der Waals surface area contributed by atoms with Crippen molar-refractivity contribution in [3.63, 3.8) is 0 Å². The number of anilines is 1. The Morgan fingerprint density at radius 1 is 1.04 bits per heavy atom. The molecule has 2 heterocycles. The lowest BCUT2D eigenvalue weighted by Gasteiger charge is -2.19. The van der Waals surface area contributed by atoms with Gasteiger partial charge < -0.3 is 15.9 Å². The third-order valence-corrected chi connectivity index (χ3v) is 3.29. The van der Waals surface area contributed by atoms with Crippen LogP contribution in [0.15, 0.2) is 47.8 Å². The van der Waals surface area contributed by atoms with Gasteiger partial charge in [-0.2, -0.15) is 0 Å². The first-order chi connectivity index (χ1) is 12.4. The lowest BCUT2D eigenvalue weighted by molar-refractivity contribution is -0.134. The van der Waals surface area contributed by atoms with E-state index in [0.29, 0.717) is 12.2 Å². The molecule has 8 nitrogen and oxygen atoms in total. The van der Waals surface area contributed by atoms with E-state index in [2.05, 4.69) is 4.99 Å². The summed E-state index contributed by atoms with van der Waals surface area (Å²) < 4.78 is 0. The van der Waals surface area contributed by atoms with Crippen molar-refractivity contribution < 1.29 is 24.6 Å². The maximum atomic E-state index is 11.4. The molecule has 0 aromatic heterocycles. The van der Waals surface area contributed by atoms with Gasteiger partial charge in [0.25, 0.3) is 0 Å². The minimum absolute atomic E-state index is 0.488. The molecule has 0 aliphatic carbocycles. The Balaban J connectivity index is 0.000000260. The number of urea groups is 1. The Morgan fingerprint density at radius 2 is 1.73 bits per heavy atom. The summed E-state index contributed by atoms with van der Waals surface area (Å²) in [5, 5.41) is 17.6. The highest BCUT2D eigenvalue weighted by Crippen LogP contribution is 2.12. The standard InChI is InChI=1S/C14H11N3O.C4H4O4/c15-14(18)17-7-1-2-12-8-10-3-5-16-6-4-11(10)9-13(12)17;5-3(6)1-2-4(7)8/h1-9H,(H2,15,18);1-2H,(H,5,6)(H,7,8). The first-order valence-corrected chi connectivity index (χ1v) is 7.33. The van der Waals surface area contributed by atoms with Crippen LogP contribution in [0.1, 0.15) is 5.56 Å². The number of hydrogen-bond acceptors (Lipinski definition) is 4. The van der Waals surface area contributed by atoms with Gasteiger partial charge in [0, 0.05) is 30.8 Å². The monoisotopic (exact) mass is 353 g/mol. The van der Waals surface area contributed by atoms with Gasteiger partial charge in [-0.25, -0.2) is 14.4 Å². The first-order valence-electron chi connectivity index (χ1n) is 7.33. The molecule has 1 aromatic carbocycles. The highest BCUT2D eigenvalue weighted by atomic mass is 16.4. The van der Waals surface area contributed by atoms with Crippen molar-refractivity contribution in [1.29, 1.82) is 0 Å². The Morgan fingerprint density at radius 3 is 2.35 bits per heavy atom. The van der Waals surface area contributed by atoms with Crippen LogP contribution in [0.5, 0.6) is 0 Å². The van der Waals surface area contributed by atoms with Crippen LogP contribution in [-0.4, -0.2) is 34.4 Å². The number of benzene rings is 1. The maximum absolute atomic E-state index is 11.4. The fraction of sp³-hybridized carbons (Fsp3) is 0. The number of carbonyl (C=O) groups is 3. The molecule has 0 saturated heterocycles. The van der Waals surface area contributed by atoms with E-state index in [1.807, 2.05) is 30.4 Å². The first kappa shape index (κ1) is 18.4. The number of carbonyl (C=O) groups excluding carboxylic acids is 1. The number of fused-ring (bicyclic) bond motifs is 2. The fourth-order valence-electron chi connectivity index (χ4n) is 2.21. The molecule has 0 fully saturated rings. The van der Waals surface area contributed by atoms with E-state index in [9.17, 15) is 14.4 Å². The number of carboxylic acids is 2. The van der Waals surface area contributed by atoms with Crippen LogP contribution >= 0.6 is 0 Å². The molecule has 8 heteroatoms. The average molecular weight is 353 g/mol. The quantitative estimate of drug-likeness (QED) is 0.663. The zero-order valence-electron chi connectivity index (χ0n) is 13.4. The van der Waals surface area contributed by atoms with Crippen molar-refractivity contribution in [1.82, 2.24) is 0 Å². The highest BCUT2D eigenvalue weighted by molar-refractivity contribution is 5.96. The van der Waals surface area contributed by atoms with Crippen LogP contribution in [0.3, 0.4) is 0 Å². The molecule has 0 unspecified atom stereocenters. The predicted octanol–water partition coefficient (Wildman–Crippen LogP) is 0.427.